The van der Waals surface area contributed by atoms with Crippen LogP contribution in [-0.4, -0.2) is 32.3 Å². The van der Waals surface area contributed by atoms with Crippen LogP contribution in [-0.2, 0) is 10.8 Å². The minimum atomic E-state index is -1.74. The SMILES string of the molecule is CC(C)(C)c1ccccc1-c1cc(F)c(N(c2ccc([Si](C)(C)C)cc2)c2ccc3ccc4c(N(c5ccc([Si](C)(C)C)cc5)c5cc(F)c(-c6ccccc6C(C)(C)C)cc5F)ccc5ccc2c3c54)cc1F.C[Si](C)(C)c1ccc(N(c2cc(F)c(-c3ccc(C#N)cc3)cc2F)c2ccc3ccc4c(N(c5ccc([Si](C)(C)C)cc5)c5cc(F)c(-c6ccc(C#N)cc6)cc5F)ccc5ccc2c3c54)cc1. The fraction of sp³-hybridized carbons (Fsp3) is 0.159. The standard InChI is InChI=1S/C66H64F4N2Si2.C60H46F4N4Si2/c1-65(2,3)53-19-15-13-17-47(53)51-37-57(69)61(39-55(51)67)71(43-25-29-45(30-26-43)73(7,8)9)59-35-23-41-22-34-50-60(36-24-42-21-33-49(59)63(41)64(42)50)72(44-27-31-46(32-28-44)74(10,11)12)62-40-56(68)52(38-58(62)70)48-18-14-16-20-54(48)66(4,5)6;1-69(2,3)45-23-19-43(20-24-45)67(57-33-51(61)49(31-53(57)63)39-11-7-37(35-65)8-12-39)55-29-17-41-16-28-48-56(30-18-42-15-27-47(55)59(41)60(42)48)68(44-21-25-46(26-22-44)70(4,5)6)58-34-52(62)50(32-54(58)64)40-13-9-38(36-66)10-14-40/h13-40H,1-12H3;7-34H,1-6H3. The van der Waals surface area contributed by atoms with E-state index in [2.05, 4.69) is 205 Å². The number of anilines is 12. The lowest BCUT2D eigenvalue weighted by Gasteiger charge is -2.30. The molecule has 0 radical (unpaired) electrons. The van der Waals surface area contributed by atoms with E-state index in [9.17, 15) is 10.5 Å². The van der Waals surface area contributed by atoms with Gasteiger partial charge in [0, 0.05) is 90.8 Å². The summed E-state index contributed by atoms with van der Waals surface area (Å²) in [7, 11) is -6.95. The Morgan fingerprint density at radius 3 is 0.653 bits per heavy atom. The maximum atomic E-state index is 17.4. The normalized spacial score (nSPS) is 12.2. The molecule has 0 saturated carbocycles. The predicted octanol–water partition coefficient (Wildman–Crippen LogP) is 35.3. The van der Waals surface area contributed by atoms with Crippen LogP contribution in [0.2, 0.25) is 78.6 Å². The lowest BCUT2D eigenvalue weighted by Crippen LogP contribution is -2.37. The van der Waals surface area contributed by atoms with Gasteiger partial charge in [0.2, 0.25) is 0 Å². The molecule has 0 fully saturated rings. The molecule has 144 heavy (non-hydrogen) atoms. The van der Waals surface area contributed by atoms with Crippen molar-refractivity contribution in [2.75, 3.05) is 19.6 Å². The van der Waals surface area contributed by atoms with E-state index in [1.807, 2.05) is 180 Å². The summed E-state index contributed by atoms with van der Waals surface area (Å²) in [5.74, 6) is -4.72. The van der Waals surface area contributed by atoms with Crippen LogP contribution in [0.15, 0.2) is 340 Å². The van der Waals surface area contributed by atoms with Gasteiger partial charge in [-0.05, 0) is 209 Å². The number of benzene rings is 20. The van der Waals surface area contributed by atoms with E-state index < -0.39 is 78.8 Å². The van der Waals surface area contributed by atoms with Crippen LogP contribution in [0.4, 0.5) is 103 Å². The Morgan fingerprint density at radius 2 is 0.431 bits per heavy atom. The van der Waals surface area contributed by atoms with Crippen molar-refractivity contribution >= 4 is 186 Å². The van der Waals surface area contributed by atoms with Crippen molar-refractivity contribution in [2.24, 2.45) is 0 Å². The first-order chi connectivity index (χ1) is 68.4. The maximum absolute atomic E-state index is 17.4. The first-order valence-corrected chi connectivity index (χ1v) is 62.6. The van der Waals surface area contributed by atoms with Gasteiger partial charge in [-0.3, -0.25) is 0 Å². The van der Waals surface area contributed by atoms with E-state index in [0.29, 0.717) is 78.9 Å². The van der Waals surface area contributed by atoms with Gasteiger partial charge in [-0.25, -0.2) is 35.1 Å². The van der Waals surface area contributed by atoms with Crippen molar-refractivity contribution in [3.05, 3.63) is 409 Å². The molecule has 0 spiro atoms. The summed E-state index contributed by atoms with van der Waals surface area (Å²) in [4.78, 5) is 7.20. The van der Waals surface area contributed by atoms with E-state index >= 15 is 35.1 Å². The topological polar surface area (TPSA) is 60.5 Å². The van der Waals surface area contributed by atoms with Gasteiger partial charge in [-0.1, -0.05) is 335 Å². The molecule has 0 aromatic heterocycles. The van der Waals surface area contributed by atoms with Gasteiger partial charge in [-0.2, -0.15) is 10.5 Å². The van der Waals surface area contributed by atoms with Gasteiger partial charge in [0.05, 0.1) is 101 Å². The molecule has 0 amide bonds. The average Bonchev–Trinajstić information content (AvgIpc) is 0.718. The third-order valence-corrected chi connectivity index (χ3v) is 36.2. The number of rotatable bonds is 20. The molecule has 6 nitrogen and oxygen atoms in total. The van der Waals surface area contributed by atoms with Crippen LogP contribution in [0.3, 0.4) is 0 Å². The minimum Gasteiger partial charge on any atom is -0.307 e. The quantitative estimate of drug-likeness (QED) is 0.0431. The zero-order valence-corrected chi connectivity index (χ0v) is 88.0. The molecule has 0 atom stereocenters. The van der Waals surface area contributed by atoms with E-state index in [0.717, 1.165) is 75.8 Å². The number of hydrogen-bond donors (Lipinski definition) is 0. The summed E-state index contributed by atoms with van der Waals surface area (Å²) in [5.41, 5.74) is 10.2. The Bertz CT molecular complexity index is 8000. The van der Waals surface area contributed by atoms with Crippen molar-refractivity contribution < 1.29 is 35.1 Å². The van der Waals surface area contributed by atoms with Crippen molar-refractivity contribution in [2.45, 2.75) is 131 Å². The highest BCUT2D eigenvalue weighted by molar-refractivity contribution is 6.90. The molecule has 0 aliphatic heterocycles. The zero-order chi connectivity index (χ0) is 102. The second-order valence-electron chi connectivity index (χ2n) is 43.8. The number of nitriles is 2. The lowest BCUT2D eigenvalue weighted by molar-refractivity contribution is 0.586. The van der Waals surface area contributed by atoms with Crippen LogP contribution >= 0.6 is 0 Å². The van der Waals surface area contributed by atoms with Gasteiger partial charge in [0.1, 0.15) is 46.5 Å². The molecule has 0 unspecified atom stereocenters. The Labute approximate surface area is 841 Å². The Hall–Kier alpha value is -15.0. The fourth-order valence-corrected chi connectivity index (χ4v) is 24.9. The first kappa shape index (κ1) is 97.8. The lowest BCUT2D eigenvalue weighted by atomic mass is 9.81. The third-order valence-electron chi connectivity index (χ3n) is 28.0. The van der Waals surface area contributed by atoms with Crippen molar-refractivity contribution in [3.8, 4) is 56.6 Å². The fourth-order valence-electron chi connectivity index (χ4n) is 20.3. The molecule has 20 aromatic rings. The van der Waals surface area contributed by atoms with Gasteiger partial charge in [0.15, 0.2) is 0 Å². The number of halogens is 8. The molecule has 0 N–H and O–H groups in total. The number of nitrogens with zero attached hydrogens (tertiary/aromatic N) is 6. The monoisotopic (exact) mass is 1970 g/mol. The summed E-state index contributed by atoms with van der Waals surface area (Å²) in [6.45, 7) is 39.7. The van der Waals surface area contributed by atoms with E-state index in [1.54, 1.807) is 58.3 Å². The summed E-state index contributed by atoms with van der Waals surface area (Å²) >= 11 is 0. The largest absolute Gasteiger partial charge is 0.307 e. The molecule has 0 saturated heterocycles. The Morgan fingerprint density at radius 1 is 0.215 bits per heavy atom. The molecule has 18 heteroatoms. The Kier molecular flexibility index (Phi) is 25.4. The van der Waals surface area contributed by atoms with Crippen LogP contribution in [0.25, 0.3) is 109 Å². The van der Waals surface area contributed by atoms with Gasteiger partial charge in [-0.15, -0.1) is 0 Å². The van der Waals surface area contributed by atoms with E-state index in [4.69, 9.17) is 0 Å². The van der Waals surface area contributed by atoms with Crippen LogP contribution < -0.4 is 40.3 Å². The molecular formula is C126H110F8N6Si4. The number of hydrogen-bond acceptors (Lipinski definition) is 6. The van der Waals surface area contributed by atoms with Crippen molar-refractivity contribution in [3.63, 3.8) is 0 Å². The summed E-state index contributed by atoms with van der Waals surface area (Å²) in [6.07, 6.45) is 0. The van der Waals surface area contributed by atoms with E-state index in [-0.39, 0.29) is 55.8 Å². The second-order valence-corrected chi connectivity index (χ2v) is 64.1. The summed E-state index contributed by atoms with van der Waals surface area (Å²) < 4.78 is 136. The molecule has 0 bridgehead atoms. The van der Waals surface area contributed by atoms with Crippen molar-refractivity contribution in [1.29, 1.82) is 10.5 Å². The highest BCUT2D eigenvalue weighted by Crippen LogP contribution is 2.54. The van der Waals surface area contributed by atoms with E-state index in [1.165, 1.54) is 69.3 Å². The molecule has 0 heterocycles. The minimum absolute atomic E-state index is 0.0151. The van der Waals surface area contributed by atoms with Crippen LogP contribution in [0, 0.1) is 69.2 Å². The molecule has 20 rings (SSSR count). The van der Waals surface area contributed by atoms with Crippen molar-refractivity contribution in [1.82, 2.24) is 0 Å². The first-order valence-electron chi connectivity index (χ1n) is 48.6. The van der Waals surface area contributed by atoms with Gasteiger partial charge < -0.3 is 19.6 Å². The average molecular weight is 1970 g/mol. The molecule has 0 aliphatic rings. The Balaban J connectivity index is 0.000000183. The van der Waals surface area contributed by atoms with Gasteiger partial charge in [0.25, 0.3) is 0 Å². The predicted molar refractivity (Wildman–Crippen MR) is 599 cm³/mol. The third kappa shape index (κ3) is 18.4. The molecule has 716 valence electrons. The highest BCUT2D eigenvalue weighted by Gasteiger charge is 2.34. The molecular weight excluding hydrogens is 1860 g/mol. The molecule has 20 aromatic carbocycles. The maximum Gasteiger partial charge on any atom is 0.148 e. The molecule has 0 aliphatic carbocycles. The van der Waals surface area contributed by atoms with Gasteiger partial charge >= 0.3 is 0 Å². The van der Waals surface area contributed by atoms with Crippen LogP contribution in [0.1, 0.15) is 63.8 Å². The smallest absolute Gasteiger partial charge is 0.148 e. The summed E-state index contributed by atoms with van der Waals surface area (Å²) in [5, 5.41) is 34.0. The summed E-state index contributed by atoms with van der Waals surface area (Å²) in [6, 6.07) is 107. The zero-order valence-electron chi connectivity index (χ0n) is 84.0. The highest BCUT2D eigenvalue weighted by atomic mass is 28.3. The van der Waals surface area contributed by atoms with Crippen LogP contribution in [0.5, 0.6) is 0 Å². The second kappa shape index (κ2) is 37.4.